The number of anilines is 2. The first kappa shape index (κ1) is 14.7. The van der Waals surface area contributed by atoms with Crippen LogP contribution in [-0.2, 0) is 6.42 Å². The van der Waals surface area contributed by atoms with Crippen molar-refractivity contribution in [2.45, 2.75) is 26.2 Å². The molecule has 0 aliphatic heterocycles. The summed E-state index contributed by atoms with van der Waals surface area (Å²) in [6.07, 6.45) is 3.02. The van der Waals surface area contributed by atoms with Crippen LogP contribution < -0.4 is 10.6 Å². The normalized spacial score (nSPS) is 10.9. The highest BCUT2D eigenvalue weighted by atomic mass is 15.2. The van der Waals surface area contributed by atoms with Gasteiger partial charge in [-0.05, 0) is 33.5 Å². The Kier molecular flexibility index (Phi) is 5.85. The van der Waals surface area contributed by atoms with Gasteiger partial charge in [0.1, 0.15) is 17.5 Å². The molecule has 1 aromatic rings. The summed E-state index contributed by atoms with van der Waals surface area (Å²) in [5.74, 6) is 2.32. The summed E-state index contributed by atoms with van der Waals surface area (Å²) in [6.45, 7) is 4.17. The van der Waals surface area contributed by atoms with Crippen molar-refractivity contribution in [2.24, 2.45) is 0 Å². The average molecular weight is 251 g/mol. The first-order valence-corrected chi connectivity index (χ1v) is 6.52. The molecule has 0 atom stereocenters. The molecule has 0 aliphatic carbocycles. The van der Waals surface area contributed by atoms with Gasteiger partial charge >= 0.3 is 0 Å². The van der Waals surface area contributed by atoms with E-state index in [0.29, 0.717) is 5.82 Å². The van der Waals surface area contributed by atoms with Crippen molar-refractivity contribution in [1.29, 1.82) is 0 Å². The monoisotopic (exact) mass is 251 g/mol. The second-order valence-corrected chi connectivity index (χ2v) is 4.90. The first-order chi connectivity index (χ1) is 8.52. The quantitative estimate of drug-likeness (QED) is 0.794. The van der Waals surface area contributed by atoms with Gasteiger partial charge in [-0.1, -0.05) is 6.92 Å². The van der Waals surface area contributed by atoms with Crippen LogP contribution >= 0.6 is 0 Å². The minimum absolute atomic E-state index is 0.558. The number of nitrogen functional groups attached to an aromatic ring is 1. The highest BCUT2D eigenvalue weighted by Gasteiger charge is 2.06. The van der Waals surface area contributed by atoms with E-state index in [1.54, 1.807) is 0 Å². The lowest BCUT2D eigenvalue weighted by Crippen LogP contribution is -2.24. The summed E-state index contributed by atoms with van der Waals surface area (Å²) >= 11 is 0. The highest BCUT2D eigenvalue weighted by molar-refractivity contribution is 5.46. The fourth-order valence-electron chi connectivity index (χ4n) is 1.77. The van der Waals surface area contributed by atoms with E-state index in [4.69, 9.17) is 5.73 Å². The van der Waals surface area contributed by atoms with Gasteiger partial charge in [-0.15, -0.1) is 0 Å². The third-order valence-corrected chi connectivity index (χ3v) is 2.74. The van der Waals surface area contributed by atoms with Gasteiger partial charge in [-0.25, -0.2) is 9.97 Å². The van der Waals surface area contributed by atoms with Gasteiger partial charge in [0.2, 0.25) is 0 Å². The molecule has 1 aromatic heterocycles. The van der Waals surface area contributed by atoms with Crippen LogP contribution in [0.15, 0.2) is 6.07 Å². The molecule has 0 amide bonds. The van der Waals surface area contributed by atoms with Crippen molar-refractivity contribution >= 4 is 11.6 Å². The number of hydrogen-bond donors (Lipinski definition) is 1. The molecule has 102 valence electrons. The summed E-state index contributed by atoms with van der Waals surface area (Å²) in [5, 5.41) is 0. The Morgan fingerprint density at radius 3 is 2.50 bits per heavy atom. The van der Waals surface area contributed by atoms with Gasteiger partial charge in [0, 0.05) is 26.1 Å². The molecule has 2 N–H and O–H groups in total. The Morgan fingerprint density at radius 1 is 1.17 bits per heavy atom. The Labute approximate surface area is 110 Å². The predicted molar refractivity (Wildman–Crippen MR) is 76.9 cm³/mol. The zero-order valence-corrected chi connectivity index (χ0v) is 12.0. The summed E-state index contributed by atoms with van der Waals surface area (Å²) in [4.78, 5) is 13.1. The number of aryl methyl sites for hydroxylation is 1. The van der Waals surface area contributed by atoms with Crippen molar-refractivity contribution < 1.29 is 0 Å². The minimum atomic E-state index is 0.558. The van der Waals surface area contributed by atoms with Crippen LogP contribution in [0.5, 0.6) is 0 Å². The maximum atomic E-state index is 5.82. The van der Waals surface area contributed by atoms with Crippen LogP contribution in [0.4, 0.5) is 11.6 Å². The van der Waals surface area contributed by atoms with E-state index in [1.165, 1.54) is 0 Å². The minimum Gasteiger partial charge on any atom is -0.384 e. The van der Waals surface area contributed by atoms with Gasteiger partial charge in [0.25, 0.3) is 0 Å². The molecule has 5 nitrogen and oxygen atoms in total. The first-order valence-electron chi connectivity index (χ1n) is 6.52. The van der Waals surface area contributed by atoms with Crippen molar-refractivity contribution in [1.82, 2.24) is 14.9 Å². The second kappa shape index (κ2) is 7.16. The predicted octanol–water partition coefficient (Wildman–Crippen LogP) is 1.40. The van der Waals surface area contributed by atoms with E-state index in [9.17, 15) is 0 Å². The van der Waals surface area contributed by atoms with Crippen LogP contribution in [0, 0.1) is 0 Å². The van der Waals surface area contributed by atoms with Gasteiger partial charge < -0.3 is 15.5 Å². The summed E-state index contributed by atoms with van der Waals surface area (Å²) in [7, 11) is 6.22. The van der Waals surface area contributed by atoms with Crippen LogP contribution in [0.1, 0.15) is 25.6 Å². The number of rotatable bonds is 7. The maximum absolute atomic E-state index is 5.82. The van der Waals surface area contributed by atoms with Gasteiger partial charge in [0.15, 0.2) is 0 Å². The lowest BCUT2D eigenvalue weighted by atomic mass is 10.3. The molecular weight excluding hydrogens is 226 g/mol. The zero-order chi connectivity index (χ0) is 13.5. The summed E-state index contributed by atoms with van der Waals surface area (Å²) in [6, 6.07) is 1.84. The number of nitrogens with zero attached hydrogens (tertiary/aromatic N) is 4. The fourth-order valence-corrected chi connectivity index (χ4v) is 1.77. The van der Waals surface area contributed by atoms with E-state index in [1.807, 2.05) is 13.1 Å². The fraction of sp³-hybridized carbons (Fsp3) is 0.692. The van der Waals surface area contributed by atoms with Crippen LogP contribution in [0.2, 0.25) is 0 Å². The van der Waals surface area contributed by atoms with Crippen LogP contribution in [0.3, 0.4) is 0 Å². The molecule has 5 heteroatoms. The molecule has 0 radical (unpaired) electrons. The molecule has 0 saturated heterocycles. The molecule has 0 saturated carbocycles. The molecular formula is C13H25N5. The van der Waals surface area contributed by atoms with Crippen molar-refractivity contribution in [2.75, 3.05) is 44.9 Å². The number of hydrogen-bond acceptors (Lipinski definition) is 5. The van der Waals surface area contributed by atoms with Crippen molar-refractivity contribution in [3.8, 4) is 0 Å². The van der Waals surface area contributed by atoms with E-state index < -0.39 is 0 Å². The Bertz CT molecular complexity index is 364. The molecule has 0 unspecified atom stereocenters. The van der Waals surface area contributed by atoms with Crippen LogP contribution in [-0.4, -0.2) is 49.1 Å². The van der Waals surface area contributed by atoms with Crippen molar-refractivity contribution in [3.63, 3.8) is 0 Å². The maximum Gasteiger partial charge on any atom is 0.134 e. The average Bonchev–Trinajstić information content (AvgIpc) is 2.28. The molecule has 0 bridgehead atoms. The molecule has 0 aliphatic rings. The Balaban J connectivity index is 2.63. The lowest BCUT2D eigenvalue weighted by molar-refractivity contribution is 0.401. The second-order valence-electron chi connectivity index (χ2n) is 4.90. The molecule has 0 spiro atoms. The third kappa shape index (κ3) is 4.87. The summed E-state index contributed by atoms with van der Waals surface area (Å²) in [5.41, 5.74) is 5.82. The van der Waals surface area contributed by atoms with E-state index in [-0.39, 0.29) is 0 Å². The smallest absolute Gasteiger partial charge is 0.134 e. The third-order valence-electron chi connectivity index (χ3n) is 2.74. The molecule has 0 fully saturated rings. The largest absolute Gasteiger partial charge is 0.384 e. The van der Waals surface area contributed by atoms with Crippen LogP contribution in [0.25, 0.3) is 0 Å². The Morgan fingerprint density at radius 2 is 1.89 bits per heavy atom. The standard InChI is InChI=1S/C13H25N5/c1-5-7-12-15-11(14)10-13(16-12)18(4)9-6-8-17(2)3/h10H,5-9H2,1-4H3,(H2,14,15,16). The topological polar surface area (TPSA) is 58.3 Å². The molecule has 18 heavy (non-hydrogen) atoms. The zero-order valence-electron chi connectivity index (χ0n) is 12.0. The molecule has 0 aromatic carbocycles. The van der Waals surface area contributed by atoms with Crippen molar-refractivity contribution in [3.05, 3.63) is 11.9 Å². The van der Waals surface area contributed by atoms with E-state index >= 15 is 0 Å². The van der Waals surface area contributed by atoms with Gasteiger partial charge in [-0.3, -0.25) is 0 Å². The number of nitrogens with two attached hydrogens (primary N) is 1. The number of aromatic nitrogens is 2. The van der Waals surface area contributed by atoms with E-state index in [0.717, 1.165) is 44.0 Å². The summed E-state index contributed by atoms with van der Waals surface area (Å²) < 4.78 is 0. The SMILES string of the molecule is CCCc1nc(N)cc(N(C)CCCN(C)C)n1. The van der Waals surface area contributed by atoms with Gasteiger partial charge in [-0.2, -0.15) is 0 Å². The van der Waals surface area contributed by atoms with Gasteiger partial charge in [0.05, 0.1) is 0 Å². The lowest BCUT2D eigenvalue weighted by Gasteiger charge is -2.20. The molecule has 1 rings (SSSR count). The highest BCUT2D eigenvalue weighted by Crippen LogP contribution is 2.13. The molecule has 1 heterocycles. The Hall–Kier alpha value is -1.36. The van der Waals surface area contributed by atoms with E-state index in [2.05, 4.69) is 40.8 Å².